The van der Waals surface area contributed by atoms with Crippen molar-refractivity contribution in [3.8, 4) is 22.3 Å². The summed E-state index contributed by atoms with van der Waals surface area (Å²) >= 11 is 0. The van der Waals surface area contributed by atoms with Crippen LogP contribution in [0.25, 0.3) is 33.0 Å². The van der Waals surface area contributed by atoms with Gasteiger partial charge < -0.3 is 4.90 Å². The van der Waals surface area contributed by atoms with Gasteiger partial charge in [-0.15, -0.1) is 0 Å². The van der Waals surface area contributed by atoms with Gasteiger partial charge in [0.25, 0.3) is 0 Å². The average molecular weight is 624 g/mol. The first-order valence-corrected chi connectivity index (χ1v) is 18.3. The normalized spacial score (nSPS) is 16.7. The summed E-state index contributed by atoms with van der Waals surface area (Å²) in [6.45, 7) is 4.80. The molecule has 9 rings (SSSR count). The van der Waals surface area contributed by atoms with Crippen LogP contribution in [0.1, 0.15) is 92.5 Å². The van der Waals surface area contributed by atoms with Crippen LogP contribution >= 0.6 is 0 Å². The van der Waals surface area contributed by atoms with Gasteiger partial charge in [-0.1, -0.05) is 118 Å². The highest BCUT2D eigenvalue weighted by Gasteiger charge is 2.37. The lowest BCUT2D eigenvalue weighted by Crippen LogP contribution is -2.16. The minimum Gasteiger partial charge on any atom is -0.310 e. The van der Waals surface area contributed by atoms with Crippen molar-refractivity contribution in [2.75, 3.05) is 4.90 Å². The predicted molar refractivity (Wildman–Crippen MR) is 204 cm³/mol. The van der Waals surface area contributed by atoms with Gasteiger partial charge in [0, 0.05) is 22.5 Å². The van der Waals surface area contributed by atoms with E-state index in [-0.39, 0.29) is 5.41 Å². The van der Waals surface area contributed by atoms with Crippen LogP contribution in [0.2, 0.25) is 0 Å². The van der Waals surface area contributed by atoms with Crippen molar-refractivity contribution in [2.45, 2.75) is 83.0 Å². The Bertz CT molecular complexity index is 2130. The van der Waals surface area contributed by atoms with Gasteiger partial charge in [0.2, 0.25) is 0 Å². The lowest BCUT2D eigenvalue weighted by atomic mass is 9.82. The molecule has 6 aromatic rings. The standard InChI is InChI=1S/C47H45N/c1-47(2)44-30-23-35-14-7-9-17-42(35)46(44)43-29-28-39(31-45(43)47)48(37-24-19-33(20-25-37)32-11-4-3-5-12-32)38-26-21-36(22-27-38)41-18-10-15-34-13-6-8-16-40(34)41/h7,9-10,14-15,17-32H,3-6,8,11-13,16H2,1-2H3. The molecular formula is C47H45N. The molecule has 0 amide bonds. The molecule has 1 heteroatoms. The van der Waals surface area contributed by atoms with Crippen molar-refractivity contribution in [1.29, 1.82) is 0 Å². The first-order chi connectivity index (χ1) is 23.6. The fourth-order valence-corrected chi connectivity index (χ4v) is 9.25. The molecule has 0 saturated heterocycles. The highest BCUT2D eigenvalue weighted by molar-refractivity contribution is 6.03. The van der Waals surface area contributed by atoms with Gasteiger partial charge in [-0.3, -0.25) is 0 Å². The monoisotopic (exact) mass is 623 g/mol. The van der Waals surface area contributed by atoms with E-state index in [4.69, 9.17) is 0 Å². The topological polar surface area (TPSA) is 3.24 Å². The summed E-state index contributed by atoms with van der Waals surface area (Å²) in [5.41, 5.74) is 16.5. The maximum Gasteiger partial charge on any atom is 0.0465 e. The Kier molecular flexibility index (Phi) is 7.26. The number of aryl methyl sites for hydroxylation is 1. The molecule has 0 radical (unpaired) electrons. The third-order valence-electron chi connectivity index (χ3n) is 11.9. The molecule has 6 aromatic carbocycles. The van der Waals surface area contributed by atoms with Crippen molar-refractivity contribution in [3.05, 3.63) is 149 Å². The Hall–Kier alpha value is -4.62. The molecule has 238 valence electrons. The maximum atomic E-state index is 2.48. The summed E-state index contributed by atoms with van der Waals surface area (Å²) in [5.74, 6) is 0.700. The lowest BCUT2D eigenvalue weighted by Gasteiger charge is -2.29. The van der Waals surface area contributed by atoms with Gasteiger partial charge in [0.05, 0.1) is 0 Å². The fraction of sp³-hybridized carbons (Fsp3) is 0.277. The van der Waals surface area contributed by atoms with E-state index in [1.807, 2.05) is 0 Å². The lowest BCUT2D eigenvalue weighted by molar-refractivity contribution is 0.443. The van der Waals surface area contributed by atoms with Crippen molar-refractivity contribution < 1.29 is 0 Å². The Morgan fingerprint density at radius 1 is 0.562 bits per heavy atom. The van der Waals surface area contributed by atoms with E-state index in [0.29, 0.717) is 5.92 Å². The van der Waals surface area contributed by atoms with E-state index in [0.717, 1.165) is 0 Å². The van der Waals surface area contributed by atoms with Crippen LogP contribution in [0, 0.1) is 0 Å². The third kappa shape index (κ3) is 4.90. The predicted octanol–water partition coefficient (Wildman–Crippen LogP) is 13.2. The smallest absolute Gasteiger partial charge is 0.0465 e. The van der Waals surface area contributed by atoms with E-state index >= 15 is 0 Å². The molecule has 0 N–H and O–H groups in total. The molecule has 1 fully saturated rings. The number of hydrogen-bond donors (Lipinski definition) is 0. The second kappa shape index (κ2) is 11.8. The highest BCUT2D eigenvalue weighted by Crippen LogP contribution is 2.53. The second-order valence-corrected chi connectivity index (χ2v) is 15.0. The first kappa shape index (κ1) is 29.5. The quantitative estimate of drug-likeness (QED) is 0.185. The zero-order chi connectivity index (χ0) is 32.2. The fourth-order valence-electron chi connectivity index (χ4n) is 9.25. The molecular weight excluding hydrogens is 579 g/mol. The van der Waals surface area contributed by atoms with Crippen molar-refractivity contribution >= 4 is 27.8 Å². The van der Waals surface area contributed by atoms with E-state index in [2.05, 4.69) is 140 Å². The number of nitrogens with zero attached hydrogens (tertiary/aromatic N) is 1. The summed E-state index contributed by atoms with van der Waals surface area (Å²) in [4.78, 5) is 2.48. The number of anilines is 3. The summed E-state index contributed by atoms with van der Waals surface area (Å²) in [7, 11) is 0. The minimum atomic E-state index is -0.0858. The van der Waals surface area contributed by atoms with Crippen LogP contribution in [0.15, 0.2) is 121 Å². The first-order valence-electron chi connectivity index (χ1n) is 18.3. The van der Waals surface area contributed by atoms with Crippen LogP contribution in [0.4, 0.5) is 17.1 Å². The summed E-state index contributed by atoms with van der Waals surface area (Å²) < 4.78 is 0. The van der Waals surface area contributed by atoms with E-state index in [1.165, 1.54) is 130 Å². The number of hydrogen-bond acceptors (Lipinski definition) is 1. The van der Waals surface area contributed by atoms with E-state index in [1.54, 1.807) is 5.56 Å². The molecule has 0 heterocycles. The van der Waals surface area contributed by atoms with Gasteiger partial charge in [-0.2, -0.15) is 0 Å². The van der Waals surface area contributed by atoms with Crippen LogP contribution in [0.5, 0.6) is 0 Å². The molecule has 3 aliphatic carbocycles. The molecule has 0 unspecified atom stereocenters. The van der Waals surface area contributed by atoms with Crippen LogP contribution in [-0.4, -0.2) is 0 Å². The number of rotatable bonds is 5. The molecule has 1 nitrogen and oxygen atoms in total. The Morgan fingerprint density at radius 3 is 2.10 bits per heavy atom. The molecule has 0 spiro atoms. The third-order valence-corrected chi connectivity index (χ3v) is 11.9. The van der Waals surface area contributed by atoms with Crippen molar-refractivity contribution in [2.24, 2.45) is 0 Å². The molecule has 3 aliphatic rings. The molecule has 48 heavy (non-hydrogen) atoms. The Labute approximate surface area is 286 Å². The number of fused-ring (bicyclic) bond motifs is 6. The van der Waals surface area contributed by atoms with Gasteiger partial charge in [0.15, 0.2) is 0 Å². The Balaban J connectivity index is 1.15. The average Bonchev–Trinajstić information content (AvgIpc) is 3.38. The SMILES string of the molecule is CC1(C)c2cc(N(c3ccc(-c4cccc5c4CCCC5)cc3)c3ccc(C4CCCCC4)cc3)ccc2-c2c1ccc1ccccc21. The number of benzene rings is 6. The maximum absolute atomic E-state index is 2.48. The Morgan fingerprint density at radius 2 is 1.29 bits per heavy atom. The van der Waals surface area contributed by atoms with Crippen LogP contribution < -0.4 is 4.90 Å². The van der Waals surface area contributed by atoms with Crippen LogP contribution in [0.3, 0.4) is 0 Å². The largest absolute Gasteiger partial charge is 0.310 e. The zero-order valence-electron chi connectivity index (χ0n) is 28.4. The molecule has 0 bridgehead atoms. The van der Waals surface area contributed by atoms with Crippen molar-refractivity contribution in [1.82, 2.24) is 0 Å². The zero-order valence-corrected chi connectivity index (χ0v) is 28.4. The minimum absolute atomic E-state index is 0.0858. The van der Waals surface area contributed by atoms with Gasteiger partial charge in [-0.25, -0.2) is 0 Å². The molecule has 1 saturated carbocycles. The molecule has 0 aliphatic heterocycles. The summed E-state index contributed by atoms with van der Waals surface area (Å²) in [6, 6.07) is 46.6. The van der Waals surface area contributed by atoms with Crippen molar-refractivity contribution in [3.63, 3.8) is 0 Å². The summed E-state index contributed by atoms with van der Waals surface area (Å²) in [6.07, 6.45) is 11.7. The molecule has 0 atom stereocenters. The van der Waals surface area contributed by atoms with E-state index in [9.17, 15) is 0 Å². The van der Waals surface area contributed by atoms with Gasteiger partial charge in [0.1, 0.15) is 0 Å². The van der Waals surface area contributed by atoms with Gasteiger partial charge in [-0.05, 0) is 142 Å². The molecule has 0 aromatic heterocycles. The van der Waals surface area contributed by atoms with E-state index < -0.39 is 0 Å². The van der Waals surface area contributed by atoms with Crippen LogP contribution in [-0.2, 0) is 18.3 Å². The second-order valence-electron chi connectivity index (χ2n) is 15.0. The van der Waals surface area contributed by atoms with Gasteiger partial charge >= 0.3 is 0 Å². The summed E-state index contributed by atoms with van der Waals surface area (Å²) in [5, 5.41) is 2.66. The highest BCUT2D eigenvalue weighted by atomic mass is 15.1.